The molecule has 0 radical (unpaired) electrons. The summed E-state index contributed by atoms with van der Waals surface area (Å²) in [5.74, 6) is 0.0258. The minimum absolute atomic E-state index is 0.0258. The number of nitro groups is 1. The van der Waals surface area contributed by atoms with Gasteiger partial charge in [0.25, 0.3) is 11.6 Å². The molecule has 2 rings (SSSR count). The van der Waals surface area contributed by atoms with Gasteiger partial charge in [-0.25, -0.2) is 0 Å². The van der Waals surface area contributed by atoms with Crippen molar-refractivity contribution < 1.29 is 4.92 Å². The van der Waals surface area contributed by atoms with Gasteiger partial charge in [0, 0.05) is 11.6 Å². The summed E-state index contributed by atoms with van der Waals surface area (Å²) < 4.78 is 0.395. The Morgan fingerprint density at radius 2 is 2.33 bits per heavy atom. The molecule has 0 saturated carbocycles. The minimum atomic E-state index is -0.493. The third-order valence-electron chi connectivity index (χ3n) is 1.96. The Kier molecular flexibility index (Phi) is 3.28. The second-order valence-electron chi connectivity index (χ2n) is 3.14. The van der Waals surface area contributed by atoms with Gasteiger partial charge in [0.15, 0.2) is 0 Å². The molecule has 0 aliphatic carbocycles. The third kappa shape index (κ3) is 2.48. The van der Waals surface area contributed by atoms with Crippen LogP contribution in [0.3, 0.4) is 0 Å². The maximum atomic E-state index is 10.7. The Balaban J connectivity index is 2.30. The van der Waals surface area contributed by atoms with Crippen LogP contribution in [0.1, 0.15) is 5.56 Å². The van der Waals surface area contributed by atoms with Crippen molar-refractivity contribution in [2.24, 2.45) is 5.10 Å². The molecule has 0 spiro atoms. The van der Waals surface area contributed by atoms with E-state index in [-0.39, 0.29) is 11.6 Å². The van der Waals surface area contributed by atoms with Gasteiger partial charge < -0.3 is 5.73 Å². The van der Waals surface area contributed by atoms with E-state index in [0.717, 1.165) is 4.79 Å². The molecule has 1 aromatic carbocycles. The number of halogens is 1. The Bertz CT molecular complexity index is 624. The molecule has 18 heavy (non-hydrogen) atoms. The van der Waals surface area contributed by atoms with Crippen LogP contribution in [0.15, 0.2) is 27.8 Å². The number of aromatic nitrogens is 4. The summed E-state index contributed by atoms with van der Waals surface area (Å²) in [6.45, 7) is 0. The fourth-order valence-electron chi connectivity index (χ4n) is 1.14. The minimum Gasteiger partial charge on any atom is -0.365 e. The first-order chi connectivity index (χ1) is 8.58. The molecular weight excluding hydrogens is 306 g/mol. The summed E-state index contributed by atoms with van der Waals surface area (Å²) in [7, 11) is 0. The summed E-state index contributed by atoms with van der Waals surface area (Å²) in [6, 6.07) is 4.58. The number of rotatable bonds is 3. The highest BCUT2D eigenvalue weighted by atomic mass is 79.9. The van der Waals surface area contributed by atoms with E-state index >= 15 is 0 Å². The smallest absolute Gasteiger partial charge is 0.284 e. The highest BCUT2D eigenvalue weighted by Gasteiger charge is 2.11. The van der Waals surface area contributed by atoms with Crippen molar-refractivity contribution in [1.82, 2.24) is 20.3 Å². The maximum absolute atomic E-state index is 10.7. The third-order valence-corrected chi connectivity index (χ3v) is 2.63. The van der Waals surface area contributed by atoms with E-state index in [0.29, 0.717) is 10.0 Å². The van der Waals surface area contributed by atoms with Crippen LogP contribution in [0.5, 0.6) is 0 Å². The molecule has 0 aliphatic rings. The van der Waals surface area contributed by atoms with Crippen LogP contribution in [-0.2, 0) is 0 Å². The average molecular weight is 312 g/mol. The zero-order chi connectivity index (χ0) is 13.1. The lowest BCUT2D eigenvalue weighted by Crippen LogP contribution is -2.00. The second-order valence-corrected chi connectivity index (χ2v) is 3.99. The highest BCUT2D eigenvalue weighted by Crippen LogP contribution is 2.24. The van der Waals surface area contributed by atoms with Gasteiger partial charge >= 0.3 is 0 Å². The predicted molar refractivity (Wildman–Crippen MR) is 66.0 cm³/mol. The van der Waals surface area contributed by atoms with E-state index in [2.05, 4.69) is 36.6 Å². The van der Waals surface area contributed by atoms with E-state index in [1.165, 1.54) is 12.3 Å². The van der Waals surface area contributed by atoms with Crippen molar-refractivity contribution in [2.45, 2.75) is 0 Å². The van der Waals surface area contributed by atoms with Gasteiger partial charge in [0.05, 0.1) is 15.6 Å². The van der Waals surface area contributed by atoms with Gasteiger partial charge in [-0.2, -0.15) is 5.10 Å². The van der Waals surface area contributed by atoms with Crippen molar-refractivity contribution in [2.75, 3.05) is 5.73 Å². The number of nitro benzene ring substituents is 1. The number of anilines is 1. The van der Waals surface area contributed by atoms with Gasteiger partial charge in [0.2, 0.25) is 0 Å². The van der Waals surface area contributed by atoms with Crippen LogP contribution in [0.2, 0.25) is 0 Å². The molecule has 0 amide bonds. The number of benzene rings is 1. The van der Waals surface area contributed by atoms with Crippen molar-refractivity contribution in [1.29, 1.82) is 0 Å². The van der Waals surface area contributed by atoms with E-state index in [1.807, 2.05) is 0 Å². The van der Waals surface area contributed by atoms with E-state index in [9.17, 15) is 10.1 Å². The van der Waals surface area contributed by atoms with E-state index in [1.54, 1.807) is 12.1 Å². The largest absolute Gasteiger partial charge is 0.365 e. The van der Waals surface area contributed by atoms with Crippen LogP contribution in [0.4, 0.5) is 11.6 Å². The Morgan fingerprint density at radius 1 is 1.56 bits per heavy atom. The molecule has 92 valence electrons. The molecule has 0 fully saturated rings. The molecule has 0 atom stereocenters. The number of hydrogen-bond acceptors (Lipinski definition) is 7. The predicted octanol–water partition coefficient (Wildman–Crippen LogP) is 0.808. The standard InChI is InChI=1S/C8H6BrN7O2/c9-6-2-1-5(3-7(6)16(17)18)4-11-15-8(10)12-13-14-15/h1-4H,(H2,10,12,14). The SMILES string of the molecule is Nc1nnnn1N=Cc1ccc(Br)c([N+](=O)[O-])c1. The van der Waals surface area contributed by atoms with Crippen molar-refractivity contribution in [3.05, 3.63) is 38.3 Å². The van der Waals surface area contributed by atoms with Gasteiger partial charge in [-0.15, -0.1) is 0 Å². The molecule has 1 aromatic heterocycles. The molecule has 0 bridgehead atoms. The molecule has 0 saturated heterocycles. The lowest BCUT2D eigenvalue weighted by molar-refractivity contribution is -0.385. The number of nitrogens with two attached hydrogens (primary N) is 1. The lowest BCUT2D eigenvalue weighted by atomic mass is 10.2. The van der Waals surface area contributed by atoms with Crippen molar-refractivity contribution >= 4 is 33.8 Å². The van der Waals surface area contributed by atoms with Gasteiger partial charge in [-0.05, 0) is 32.4 Å². The summed E-state index contributed by atoms with van der Waals surface area (Å²) in [5.41, 5.74) is 5.88. The monoisotopic (exact) mass is 311 g/mol. The molecule has 2 aromatic rings. The van der Waals surface area contributed by atoms with Gasteiger partial charge in [0.1, 0.15) is 0 Å². The topological polar surface area (TPSA) is 125 Å². The lowest BCUT2D eigenvalue weighted by Gasteiger charge is -1.97. The molecular formula is C8H6BrN7O2. The molecule has 0 aliphatic heterocycles. The number of nitrogens with zero attached hydrogens (tertiary/aromatic N) is 6. The Labute approximate surface area is 109 Å². The molecule has 2 N–H and O–H groups in total. The Morgan fingerprint density at radius 3 is 2.94 bits per heavy atom. The van der Waals surface area contributed by atoms with Crippen LogP contribution in [0, 0.1) is 10.1 Å². The number of hydrogen-bond donors (Lipinski definition) is 1. The first-order valence-electron chi connectivity index (χ1n) is 4.60. The zero-order valence-corrected chi connectivity index (χ0v) is 10.4. The van der Waals surface area contributed by atoms with Crippen LogP contribution >= 0.6 is 15.9 Å². The maximum Gasteiger partial charge on any atom is 0.284 e. The van der Waals surface area contributed by atoms with Crippen molar-refractivity contribution in [3.8, 4) is 0 Å². The number of tetrazole rings is 1. The van der Waals surface area contributed by atoms with Crippen molar-refractivity contribution in [3.63, 3.8) is 0 Å². The normalized spacial score (nSPS) is 10.9. The molecule has 1 heterocycles. The van der Waals surface area contributed by atoms with Crippen LogP contribution < -0.4 is 5.73 Å². The first kappa shape index (κ1) is 12.1. The summed E-state index contributed by atoms with van der Waals surface area (Å²) >= 11 is 3.09. The Hall–Kier alpha value is -2.36. The summed E-state index contributed by atoms with van der Waals surface area (Å²) in [5, 5.41) is 24.8. The van der Waals surface area contributed by atoms with E-state index in [4.69, 9.17) is 5.73 Å². The first-order valence-corrected chi connectivity index (χ1v) is 5.39. The zero-order valence-electron chi connectivity index (χ0n) is 8.76. The number of nitrogen functional groups attached to an aromatic ring is 1. The van der Waals surface area contributed by atoms with Gasteiger partial charge in [-0.1, -0.05) is 16.0 Å². The van der Waals surface area contributed by atoms with E-state index < -0.39 is 4.92 Å². The highest BCUT2D eigenvalue weighted by molar-refractivity contribution is 9.10. The molecule has 10 heteroatoms. The second kappa shape index (κ2) is 4.87. The summed E-state index contributed by atoms with van der Waals surface area (Å²) in [6.07, 6.45) is 1.37. The average Bonchev–Trinajstić information content (AvgIpc) is 2.73. The quantitative estimate of drug-likeness (QED) is 0.508. The molecule has 0 unspecified atom stereocenters. The van der Waals surface area contributed by atoms with Crippen LogP contribution in [-0.4, -0.2) is 31.5 Å². The fourth-order valence-corrected chi connectivity index (χ4v) is 1.53. The van der Waals surface area contributed by atoms with Crippen LogP contribution in [0.25, 0.3) is 0 Å². The fraction of sp³-hybridized carbons (Fsp3) is 0. The summed E-state index contributed by atoms with van der Waals surface area (Å²) in [4.78, 5) is 11.2. The molecule has 9 nitrogen and oxygen atoms in total. The van der Waals surface area contributed by atoms with Gasteiger partial charge in [-0.3, -0.25) is 10.1 Å².